The van der Waals surface area contributed by atoms with Crippen LogP contribution in [0.25, 0.3) is 33.4 Å². The molecular weight excluding hydrogens is 362 g/mol. The van der Waals surface area contributed by atoms with Gasteiger partial charge in [0.15, 0.2) is 0 Å². The van der Waals surface area contributed by atoms with Crippen LogP contribution >= 0.6 is 0 Å². The summed E-state index contributed by atoms with van der Waals surface area (Å²) in [6.45, 7) is 0. The van der Waals surface area contributed by atoms with Gasteiger partial charge in [-0.2, -0.15) is 0 Å². The van der Waals surface area contributed by atoms with Crippen molar-refractivity contribution in [2.75, 3.05) is 0 Å². The van der Waals surface area contributed by atoms with Gasteiger partial charge in [0.2, 0.25) is 0 Å². The van der Waals surface area contributed by atoms with E-state index >= 15 is 0 Å². The number of hydrogen-bond acceptors (Lipinski definition) is 3. The van der Waals surface area contributed by atoms with E-state index in [0.717, 1.165) is 33.5 Å². The summed E-state index contributed by atoms with van der Waals surface area (Å²) >= 11 is 0. The minimum atomic E-state index is -0.220. The number of aromatic amines is 2. The predicted molar refractivity (Wildman–Crippen MR) is 114 cm³/mol. The fourth-order valence-electron chi connectivity index (χ4n) is 3.32. The Kier molecular flexibility index (Phi) is 4.18. The third-order valence-electron chi connectivity index (χ3n) is 4.76. The Labute approximate surface area is 166 Å². The molecule has 0 saturated heterocycles. The number of benzene rings is 3. The number of nitrogens with zero attached hydrogens (tertiary/aromatic N) is 1. The Balaban J connectivity index is 1.49. The van der Waals surface area contributed by atoms with Crippen LogP contribution in [0, 0.1) is 0 Å². The van der Waals surface area contributed by atoms with Gasteiger partial charge >= 0.3 is 0 Å². The van der Waals surface area contributed by atoms with E-state index in [4.69, 9.17) is 4.74 Å². The number of fused-ring (bicyclic) bond motifs is 1. The maximum Gasteiger partial charge on any atom is 0.274 e. The molecule has 5 aromatic rings. The van der Waals surface area contributed by atoms with Gasteiger partial charge in [-0.3, -0.25) is 4.79 Å². The summed E-state index contributed by atoms with van der Waals surface area (Å²) in [5.74, 6) is 1.52. The van der Waals surface area contributed by atoms with Gasteiger partial charge in [-0.1, -0.05) is 36.4 Å². The largest absolute Gasteiger partial charge is 0.457 e. The summed E-state index contributed by atoms with van der Waals surface area (Å²) in [6, 6.07) is 25.1. The molecular formula is C24H17N3O2. The van der Waals surface area contributed by atoms with Gasteiger partial charge in [-0.15, -0.1) is 0 Å². The van der Waals surface area contributed by atoms with Gasteiger partial charge in [-0.25, -0.2) is 4.98 Å². The van der Waals surface area contributed by atoms with Gasteiger partial charge in [0.1, 0.15) is 17.2 Å². The third-order valence-corrected chi connectivity index (χ3v) is 4.76. The van der Waals surface area contributed by atoms with Crippen LogP contribution in [0.5, 0.6) is 11.5 Å². The molecule has 0 saturated carbocycles. The van der Waals surface area contributed by atoms with Crippen molar-refractivity contribution in [3.8, 4) is 34.0 Å². The number of hydrogen-bond donors (Lipinski definition) is 2. The molecule has 2 aromatic heterocycles. The molecule has 5 nitrogen and oxygen atoms in total. The van der Waals surface area contributed by atoms with Crippen molar-refractivity contribution in [1.82, 2.24) is 15.0 Å². The second-order valence-electron chi connectivity index (χ2n) is 6.65. The molecule has 0 bridgehead atoms. The summed E-state index contributed by atoms with van der Waals surface area (Å²) in [4.78, 5) is 23.1. The molecule has 0 aliphatic rings. The number of nitrogens with one attached hydrogen (secondary N) is 2. The molecule has 0 amide bonds. The maximum atomic E-state index is 12.5. The van der Waals surface area contributed by atoms with Crippen LogP contribution in [0.15, 0.2) is 96.1 Å². The Morgan fingerprint density at radius 1 is 0.724 bits per heavy atom. The molecule has 0 unspecified atom stereocenters. The second-order valence-corrected chi connectivity index (χ2v) is 6.65. The topological polar surface area (TPSA) is 70.8 Å². The van der Waals surface area contributed by atoms with Gasteiger partial charge in [0.25, 0.3) is 5.56 Å². The first-order chi connectivity index (χ1) is 14.3. The normalized spacial score (nSPS) is 10.9. The van der Waals surface area contributed by atoms with Gasteiger partial charge < -0.3 is 14.7 Å². The van der Waals surface area contributed by atoms with E-state index in [1.54, 1.807) is 6.20 Å². The van der Waals surface area contributed by atoms with Crippen LogP contribution in [-0.2, 0) is 0 Å². The lowest BCUT2D eigenvalue weighted by Gasteiger charge is -2.07. The standard InChI is InChI=1S/C24H17N3O2/c28-24-23(20-14-25-21-9-5-4-8-19(20)21)27-22(15-26-24)16-10-12-18(13-11-16)29-17-6-2-1-3-7-17/h1-15,25H,(H,26,28). The number of ether oxygens (including phenoxy) is 1. The maximum absolute atomic E-state index is 12.5. The highest BCUT2D eigenvalue weighted by atomic mass is 16.5. The molecule has 0 atom stereocenters. The van der Waals surface area contributed by atoms with E-state index in [-0.39, 0.29) is 5.56 Å². The fourth-order valence-corrected chi connectivity index (χ4v) is 3.32. The van der Waals surface area contributed by atoms with Gasteiger partial charge in [0, 0.05) is 34.4 Å². The fraction of sp³-hybridized carbons (Fsp3) is 0. The van der Waals surface area contributed by atoms with Gasteiger partial charge in [-0.05, 0) is 42.5 Å². The zero-order valence-electron chi connectivity index (χ0n) is 15.4. The average Bonchev–Trinajstić information content (AvgIpc) is 3.20. The first-order valence-corrected chi connectivity index (χ1v) is 9.27. The summed E-state index contributed by atoms with van der Waals surface area (Å²) in [5.41, 5.74) is 3.51. The molecule has 0 radical (unpaired) electrons. The van der Waals surface area contributed by atoms with Crippen molar-refractivity contribution in [2.45, 2.75) is 0 Å². The third kappa shape index (κ3) is 3.30. The Morgan fingerprint density at radius 2 is 1.45 bits per heavy atom. The summed E-state index contributed by atoms with van der Waals surface area (Å²) < 4.78 is 5.84. The zero-order valence-corrected chi connectivity index (χ0v) is 15.4. The van der Waals surface area contributed by atoms with E-state index < -0.39 is 0 Å². The van der Waals surface area contributed by atoms with Crippen LogP contribution in [0.4, 0.5) is 0 Å². The minimum Gasteiger partial charge on any atom is -0.457 e. The van der Waals surface area contributed by atoms with Crippen LogP contribution < -0.4 is 10.3 Å². The first-order valence-electron chi connectivity index (χ1n) is 9.27. The van der Waals surface area contributed by atoms with Crippen molar-refractivity contribution in [2.24, 2.45) is 0 Å². The Bertz CT molecular complexity index is 1340. The lowest BCUT2D eigenvalue weighted by atomic mass is 10.1. The van der Waals surface area contributed by atoms with E-state index in [2.05, 4.69) is 15.0 Å². The van der Waals surface area contributed by atoms with E-state index in [9.17, 15) is 4.79 Å². The second kappa shape index (κ2) is 7.13. The molecule has 0 spiro atoms. The van der Waals surface area contributed by atoms with Crippen molar-refractivity contribution in [3.63, 3.8) is 0 Å². The highest BCUT2D eigenvalue weighted by Gasteiger charge is 2.13. The molecule has 140 valence electrons. The highest BCUT2D eigenvalue weighted by Crippen LogP contribution is 2.28. The van der Waals surface area contributed by atoms with E-state index in [0.29, 0.717) is 11.4 Å². The monoisotopic (exact) mass is 379 g/mol. The molecule has 0 aliphatic heterocycles. The lowest BCUT2D eigenvalue weighted by molar-refractivity contribution is 0.483. The molecule has 2 heterocycles. The van der Waals surface area contributed by atoms with E-state index in [1.807, 2.05) is 85.1 Å². The number of rotatable bonds is 4. The summed E-state index contributed by atoms with van der Waals surface area (Å²) in [5, 5.41) is 0.967. The molecule has 29 heavy (non-hydrogen) atoms. The molecule has 0 aliphatic carbocycles. The molecule has 2 N–H and O–H groups in total. The Morgan fingerprint density at radius 3 is 2.28 bits per heavy atom. The Hall–Kier alpha value is -4.12. The van der Waals surface area contributed by atoms with Crippen molar-refractivity contribution >= 4 is 10.9 Å². The summed E-state index contributed by atoms with van der Waals surface area (Å²) in [6.07, 6.45) is 3.45. The molecule has 5 rings (SSSR count). The van der Waals surface area contributed by atoms with Crippen molar-refractivity contribution in [1.29, 1.82) is 0 Å². The quantitative estimate of drug-likeness (QED) is 0.440. The molecule has 5 heteroatoms. The smallest absolute Gasteiger partial charge is 0.274 e. The molecule has 0 fully saturated rings. The highest BCUT2D eigenvalue weighted by molar-refractivity contribution is 5.94. The van der Waals surface area contributed by atoms with Crippen LogP contribution in [0.1, 0.15) is 0 Å². The van der Waals surface area contributed by atoms with Crippen molar-refractivity contribution in [3.05, 3.63) is 102 Å². The van der Waals surface area contributed by atoms with E-state index in [1.165, 1.54) is 0 Å². The van der Waals surface area contributed by atoms with Gasteiger partial charge in [0.05, 0.1) is 5.69 Å². The van der Waals surface area contributed by atoms with Crippen LogP contribution in [0.3, 0.4) is 0 Å². The SMILES string of the molecule is O=c1[nH]cc(-c2ccc(Oc3ccccc3)cc2)nc1-c1c[nH]c2ccccc12. The van der Waals surface area contributed by atoms with Crippen molar-refractivity contribution < 1.29 is 4.74 Å². The van der Waals surface area contributed by atoms with Crippen LogP contribution in [0.2, 0.25) is 0 Å². The lowest BCUT2D eigenvalue weighted by Crippen LogP contribution is -2.11. The minimum absolute atomic E-state index is 0.220. The zero-order chi connectivity index (χ0) is 19.6. The average molecular weight is 379 g/mol. The molecule has 3 aromatic carbocycles. The number of para-hydroxylation sites is 2. The van der Waals surface area contributed by atoms with Crippen LogP contribution in [-0.4, -0.2) is 15.0 Å². The number of aromatic nitrogens is 3. The first kappa shape index (κ1) is 17.0. The predicted octanol–water partition coefficient (Wildman–Crippen LogP) is 5.38. The summed E-state index contributed by atoms with van der Waals surface area (Å²) in [7, 11) is 0. The number of H-pyrrole nitrogens is 2.